The first-order chi connectivity index (χ1) is 8.74. The summed E-state index contributed by atoms with van der Waals surface area (Å²) in [5.74, 6) is 0. The topological polar surface area (TPSA) is 38.9 Å². The van der Waals surface area contributed by atoms with Crippen LogP contribution in [0.2, 0.25) is 0 Å². The number of benzene rings is 1. The summed E-state index contributed by atoms with van der Waals surface area (Å²) >= 11 is 0. The van der Waals surface area contributed by atoms with Crippen LogP contribution in [0.5, 0.6) is 0 Å². The van der Waals surface area contributed by atoms with E-state index >= 15 is 0 Å². The summed E-state index contributed by atoms with van der Waals surface area (Å²) in [6.45, 7) is 4.38. The molecular formula is C16H22N2. The second-order valence-electron chi connectivity index (χ2n) is 4.91. The molecule has 2 N–H and O–H groups in total. The minimum absolute atomic E-state index is 0.863. The van der Waals surface area contributed by atoms with Crippen LogP contribution in [-0.4, -0.2) is 4.98 Å². The van der Waals surface area contributed by atoms with Gasteiger partial charge in [0.1, 0.15) is 0 Å². The van der Waals surface area contributed by atoms with Crippen LogP contribution in [0.25, 0.3) is 10.9 Å². The van der Waals surface area contributed by atoms with Crippen LogP contribution in [-0.2, 0) is 12.8 Å². The van der Waals surface area contributed by atoms with Crippen LogP contribution in [0.3, 0.4) is 0 Å². The molecule has 0 radical (unpaired) electrons. The molecule has 1 aromatic carbocycles. The molecular weight excluding hydrogens is 220 g/mol. The van der Waals surface area contributed by atoms with Gasteiger partial charge in [-0.05, 0) is 43.0 Å². The average molecular weight is 242 g/mol. The Morgan fingerprint density at radius 2 is 1.89 bits per heavy atom. The molecule has 2 rings (SSSR count). The van der Waals surface area contributed by atoms with Crippen LogP contribution >= 0.6 is 0 Å². The van der Waals surface area contributed by atoms with Crippen LogP contribution < -0.4 is 5.73 Å². The molecule has 18 heavy (non-hydrogen) atoms. The van der Waals surface area contributed by atoms with E-state index in [1.807, 2.05) is 6.07 Å². The van der Waals surface area contributed by atoms with Gasteiger partial charge in [0.05, 0.1) is 5.52 Å². The molecule has 2 aromatic rings. The summed E-state index contributed by atoms with van der Waals surface area (Å²) in [4.78, 5) is 4.67. The molecule has 0 spiro atoms. The van der Waals surface area contributed by atoms with Gasteiger partial charge in [-0.3, -0.25) is 4.98 Å². The van der Waals surface area contributed by atoms with Crippen LogP contribution in [0.15, 0.2) is 24.3 Å². The summed E-state index contributed by atoms with van der Waals surface area (Å²) < 4.78 is 0. The van der Waals surface area contributed by atoms with Gasteiger partial charge >= 0.3 is 0 Å². The first-order valence-electron chi connectivity index (χ1n) is 6.92. The molecule has 0 aliphatic carbocycles. The van der Waals surface area contributed by atoms with Gasteiger partial charge in [-0.1, -0.05) is 32.8 Å². The number of rotatable bonds is 5. The van der Waals surface area contributed by atoms with Gasteiger partial charge in [0.25, 0.3) is 0 Å². The summed E-state index contributed by atoms with van der Waals surface area (Å²) in [6, 6.07) is 8.51. The van der Waals surface area contributed by atoms with E-state index in [4.69, 9.17) is 5.73 Å². The number of pyridine rings is 1. The zero-order chi connectivity index (χ0) is 13.0. The van der Waals surface area contributed by atoms with E-state index in [1.54, 1.807) is 0 Å². The second kappa shape index (κ2) is 5.85. The fraction of sp³-hybridized carbons (Fsp3) is 0.438. The van der Waals surface area contributed by atoms with Crippen molar-refractivity contribution in [3.63, 3.8) is 0 Å². The van der Waals surface area contributed by atoms with Crippen molar-refractivity contribution in [2.45, 2.75) is 46.0 Å². The van der Waals surface area contributed by atoms with E-state index < -0.39 is 0 Å². The third-order valence-electron chi connectivity index (χ3n) is 3.28. The molecule has 0 fully saturated rings. The zero-order valence-electron chi connectivity index (χ0n) is 11.4. The van der Waals surface area contributed by atoms with Crippen molar-refractivity contribution >= 4 is 16.6 Å². The Morgan fingerprint density at radius 1 is 1.06 bits per heavy atom. The molecule has 1 heterocycles. The number of anilines is 1. The van der Waals surface area contributed by atoms with Crippen molar-refractivity contribution in [1.29, 1.82) is 0 Å². The number of fused-ring (bicyclic) bond motifs is 1. The third-order valence-corrected chi connectivity index (χ3v) is 3.28. The highest BCUT2D eigenvalue weighted by atomic mass is 14.7. The Balaban J connectivity index is 2.38. The van der Waals surface area contributed by atoms with Gasteiger partial charge < -0.3 is 5.73 Å². The second-order valence-corrected chi connectivity index (χ2v) is 4.91. The van der Waals surface area contributed by atoms with Crippen LogP contribution in [0, 0.1) is 0 Å². The van der Waals surface area contributed by atoms with Crippen molar-refractivity contribution in [1.82, 2.24) is 4.98 Å². The Labute approximate surface area is 109 Å². The highest BCUT2D eigenvalue weighted by molar-refractivity contribution is 5.90. The monoisotopic (exact) mass is 242 g/mol. The average Bonchev–Trinajstić information content (AvgIpc) is 2.37. The molecule has 2 heteroatoms. The Kier molecular flexibility index (Phi) is 4.19. The van der Waals surface area contributed by atoms with Gasteiger partial charge in [-0.25, -0.2) is 0 Å². The van der Waals surface area contributed by atoms with E-state index in [0.717, 1.165) is 41.5 Å². The Bertz CT molecular complexity index is 532. The highest BCUT2D eigenvalue weighted by Gasteiger charge is 2.04. The molecule has 96 valence electrons. The quantitative estimate of drug-likeness (QED) is 0.856. The number of unbranched alkanes of at least 4 members (excludes halogenated alkanes) is 1. The highest BCUT2D eigenvalue weighted by Crippen LogP contribution is 2.23. The van der Waals surface area contributed by atoms with Gasteiger partial charge in [-0.2, -0.15) is 0 Å². The maximum absolute atomic E-state index is 6.14. The molecule has 0 atom stereocenters. The predicted molar refractivity (Wildman–Crippen MR) is 78.8 cm³/mol. The lowest BCUT2D eigenvalue weighted by atomic mass is 10.0. The smallest absolute Gasteiger partial charge is 0.0726 e. The number of aryl methyl sites for hydroxylation is 2. The van der Waals surface area contributed by atoms with Crippen molar-refractivity contribution in [3.05, 3.63) is 35.5 Å². The molecule has 0 unspecified atom stereocenters. The molecule has 0 saturated carbocycles. The minimum Gasteiger partial charge on any atom is -0.398 e. The molecule has 0 aliphatic rings. The molecule has 0 bridgehead atoms. The fourth-order valence-corrected chi connectivity index (χ4v) is 2.28. The van der Waals surface area contributed by atoms with Crippen LogP contribution in [0.4, 0.5) is 5.69 Å². The van der Waals surface area contributed by atoms with E-state index in [-0.39, 0.29) is 0 Å². The molecule has 2 nitrogen and oxygen atoms in total. The lowest BCUT2D eigenvalue weighted by molar-refractivity contribution is 0.796. The SMILES string of the molecule is CCCCc1ccc2nc(CCC)cc(N)c2c1. The molecule has 0 saturated heterocycles. The summed E-state index contributed by atoms with van der Waals surface area (Å²) in [6.07, 6.45) is 5.68. The summed E-state index contributed by atoms with van der Waals surface area (Å²) in [5.41, 5.74) is 10.5. The summed E-state index contributed by atoms with van der Waals surface area (Å²) in [5, 5.41) is 1.10. The van der Waals surface area contributed by atoms with Gasteiger partial charge in [0, 0.05) is 16.8 Å². The number of hydrogen-bond donors (Lipinski definition) is 1. The van der Waals surface area contributed by atoms with Gasteiger partial charge in [-0.15, -0.1) is 0 Å². The number of aromatic nitrogens is 1. The third kappa shape index (κ3) is 2.81. The number of nitrogens with zero attached hydrogens (tertiary/aromatic N) is 1. The van der Waals surface area contributed by atoms with Crippen LogP contribution in [0.1, 0.15) is 44.4 Å². The van der Waals surface area contributed by atoms with E-state index in [9.17, 15) is 0 Å². The minimum atomic E-state index is 0.863. The number of hydrogen-bond acceptors (Lipinski definition) is 2. The fourth-order valence-electron chi connectivity index (χ4n) is 2.28. The number of nitrogen functional groups attached to an aromatic ring is 1. The maximum Gasteiger partial charge on any atom is 0.0726 e. The first kappa shape index (κ1) is 12.9. The van der Waals surface area contributed by atoms with Gasteiger partial charge in [0.2, 0.25) is 0 Å². The Morgan fingerprint density at radius 3 is 2.61 bits per heavy atom. The van der Waals surface area contributed by atoms with Gasteiger partial charge in [0.15, 0.2) is 0 Å². The zero-order valence-corrected chi connectivity index (χ0v) is 11.4. The maximum atomic E-state index is 6.14. The van der Waals surface area contributed by atoms with Crippen molar-refractivity contribution < 1.29 is 0 Å². The molecule has 1 aromatic heterocycles. The lowest BCUT2D eigenvalue weighted by Crippen LogP contribution is -1.96. The first-order valence-corrected chi connectivity index (χ1v) is 6.92. The largest absolute Gasteiger partial charge is 0.398 e. The van der Waals surface area contributed by atoms with Crippen molar-refractivity contribution in [2.75, 3.05) is 5.73 Å². The van der Waals surface area contributed by atoms with E-state index in [0.29, 0.717) is 0 Å². The molecule has 0 aliphatic heterocycles. The molecule has 0 amide bonds. The lowest BCUT2D eigenvalue weighted by Gasteiger charge is -2.08. The Hall–Kier alpha value is -1.57. The summed E-state index contributed by atoms with van der Waals surface area (Å²) in [7, 11) is 0. The normalized spacial score (nSPS) is 11.0. The van der Waals surface area contributed by atoms with E-state index in [1.165, 1.54) is 18.4 Å². The van der Waals surface area contributed by atoms with Crippen molar-refractivity contribution in [2.24, 2.45) is 0 Å². The number of nitrogens with two attached hydrogens (primary N) is 1. The van der Waals surface area contributed by atoms with E-state index in [2.05, 4.69) is 37.0 Å². The van der Waals surface area contributed by atoms with Crippen molar-refractivity contribution in [3.8, 4) is 0 Å². The predicted octanol–water partition coefficient (Wildman–Crippen LogP) is 4.11. The standard InChI is InChI=1S/C16H22N2/c1-3-5-7-12-8-9-16-14(10-12)15(17)11-13(18-16)6-4-2/h8-11H,3-7H2,1-2H3,(H2,17,18).